The summed E-state index contributed by atoms with van der Waals surface area (Å²) in [4.78, 5) is 23.5. The van der Waals surface area contributed by atoms with Gasteiger partial charge < -0.3 is 24.6 Å². The molecule has 0 saturated heterocycles. The molecule has 0 bridgehead atoms. The number of nitrogens with one attached hydrogen (secondary N) is 2. The Hall–Kier alpha value is -3.30. The Kier molecular flexibility index (Phi) is 8.51. The molecule has 0 saturated carbocycles. The van der Waals surface area contributed by atoms with Crippen LogP contribution in [0.2, 0.25) is 0 Å². The van der Waals surface area contributed by atoms with Crippen LogP contribution < -0.4 is 15.5 Å². The van der Waals surface area contributed by atoms with Crippen molar-refractivity contribution in [2.24, 2.45) is 0 Å². The van der Waals surface area contributed by atoms with Crippen LogP contribution in [0.1, 0.15) is 35.1 Å². The highest BCUT2D eigenvalue weighted by atomic mass is 16.7. The first-order valence-electron chi connectivity index (χ1n) is 10.5. The third-order valence-electron chi connectivity index (χ3n) is 5.22. The van der Waals surface area contributed by atoms with Crippen LogP contribution in [0.15, 0.2) is 18.3 Å². The first kappa shape index (κ1) is 24.3. The second-order valence-electron chi connectivity index (χ2n) is 7.31. The molecule has 0 atom stereocenters. The summed E-state index contributed by atoms with van der Waals surface area (Å²) >= 11 is 0. The molecule has 0 fully saturated rings. The molecule has 11 heteroatoms. The van der Waals surface area contributed by atoms with Gasteiger partial charge in [0.05, 0.1) is 24.5 Å². The van der Waals surface area contributed by atoms with Gasteiger partial charge in [-0.05, 0) is 24.5 Å². The lowest BCUT2D eigenvalue weighted by Crippen LogP contribution is -2.40. The maximum atomic E-state index is 13.1. The molecular weight excluding hydrogens is 428 g/mol. The smallest absolute Gasteiger partial charge is 0.328 e. The first-order valence-corrected chi connectivity index (χ1v) is 10.5. The molecule has 0 aromatic carbocycles. The van der Waals surface area contributed by atoms with Crippen molar-refractivity contribution < 1.29 is 24.1 Å². The largest absolute Gasteiger partial charge is 0.392 e. The SMILES string of the molecule is COCCNc1cc(NC(=O)N2CCCc3cc(CO)c(C(OC)OC)nc32)ncc1C#N. The predicted molar refractivity (Wildman–Crippen MR) is 121 cm³/mol. The van der Waals surface area contributed by atoms with E-state index in [-0.39, 0.29) is 6.61 Å². The van der Waals surface area contributed by atoms with E-state index in [1.54, 1.807) is 13.2 Å². The number of anilines is 3. The van der Waals surface area contributed by atoms with Gasteiger partial charge in [0.1, 0.15) is 23.4 Å². The van der Waals surface area contributed by atoms with Crippen LogP contribution in [-0.2, 0) is 27.2 Å². The van der Waals surface area contributed by atoms with Gasteiger partial charge in [0, 0.05) is 52.2 Å². The number of aliphatic hydroxyl groups excluding tert-OH is 1. The monoisotopic (exact) mass is 456 g/mol. The van der Waals surface area contributed by atoms with Gasteiger partial charge in [0.15, 0.2) is 0 Å². The number of hydrogen-bond donors (Lipinski definition) is 3. The number of hydrogen-bond acceptors (Lipinski definition) is 9. The van der Waals surface area contributed by atoms with E-state index in [9.17, 15) is 15.2 Å². The minimum atomic E-state index is -0.773. The van der Waals surface area contributed by atoms with Gasteiger partial charge in [-0.1, -0.05) is 0 Å². The number of nitriles is 1. The molecule has 0 aliphatic carbocycles. The Bertz CT molecular complexity index is 1020. The van der Waals surface area contributed by atoms with Gasteiger partial charge in [-0.2, -0.15) is 5.26 Å². The second kappa shape index (κ2) is 11.5. The number of nitrogens with zero attached hydrogens (tertiary/aromatic N) is 4. The fraction of sp³-hybridized carbons (Fsp3) is 0.455. The summed E-state index contributed by atoms with van der Waals surface area (Å²) < 4.78 is 15.7. The van der Waals surface area contributed by atoms with Crippen LogP contribution in [0.5, 0.6) is 0 Å². The summed E-state index contributed by atoms with van der Waals surface area (Å²) in [5, 5.41) is 25.0. The minimum absolute atomic E-state index is 0.223. The predicted octanol–water partition coefficient (Wildman–Crippen LogP) is 2.17. The molecule has 3 rings (SSSR count). The zero-order valence-electron chi connectivity index (χ0n) is 18.9. The first-order chi connectivity index (χ1) is 16.1. The molecule has 2 aromatic heterocycles. The molecule has 0 radical (unpaired) electrons. The van der Waals surface area contributed by atoms with E-state index in [2.05, 4.69) is 26.7 Å². The van der Waals surface area contributed by atoms with Crippen molar-refractivity contribution in [2.45, 2.75) is 25.7 Å². The number of methoxy groups -OCH3 is 3. The highest BCUT2D eigenvalue weighted by molar-refractivity contribution is 6.01. The standard InChI is InChI=1S/C22H28N6O5/c1-31-8-6-24-17-10-18(25-12-16(17)11-23)26-22(30)28-7-4-5-14-9-15(13-29)19(27-20(14)28)21(32-2)33-3/h9-10,12,21,29H,4-8,13H2,1-3H3,(H2,24,25,26,30). The van der Waals surface area contributed by atoms with Crippen LogP contribution in [0.25, 0.3) is 0 Å². The van der Waals surface area contributed by atoms with Gasteiger partial charge in [-0.25, -0.2) is 14.8 Å². The summed E-state index contributed by atoms with van der Waals surface area (Å²) in [6.07, 6.45) is 2.10. The van der Waals surface area contributed by atoms with Crippen molar-refractivity contribution in [2.75, 3.05) is 56.6 Å². The third-order valence-corrected chi connectivity index (χ3v) is 5.22. The van der Waals surface area contributed by atoms with E-state index in [0.29, 0.717) is 53.8 Å². The molecule has 0 unspecified atom stereocenters. The molecule has 2 amide bonds. The maximum absolute atomic E-state index is 13.1. The zero-order valence-corrected chi connectivity index (χ0v) is 18.9. The van der Waals surface area contributed by atoms with Crippen molar-refractivity contribution in [1.82, 2.24) is 9.97 Å². The molecular formula is C22H28N6O5. The van der Waals surface area contributed by atoms with Gasteiger partial charge in [-0.3, -0.25) is 10.2 Å². The Morgan fingerprint density at radius 2 is 2.12 bits per heavy atom. The van der Waals surface area contributed by atoms with E-state index < -0.39 is 12.3 Å². The molecule has 2 aromatic rings. The number of aromatic nitrogens is 2. The molecule has 11 nitrogen and oxygen atoms in total. The summed E-state index contributed by atoms with van der Waals surface area (Å²) in [6.45, 7) is 1.21. The number of rotatable bonds is 9. The van der Waals surface area contributed by atoms with Gasteiger partial charge in [0.25, 0.3) is 0 Å². The molecule has 0 spiro atoms. The number of ether oxygens (including phenoxy) is 3. The number of urea groups is 1. The lowest BCUT2D eigenvalue weighted by Gasteiger charge is -2.30. The molecule has 176 valence electrons. The number of carbonyl (C=O) groups excluding carboxylic acids is 1. The summed E-state index contributed by atoms with van der Waals surface area (Å²) in [6, 6.07) is 5.11. The lowest BCUT2D eigenvalue weighted by molar-refractivity contribution is -0.109. The molecule has 1 aliphatic rings. The van der Waals surface area contributed by atoms with E-state index in [1.807, 2.05) is 6.07 Å². The quantitative estimate of drug-likeness (QED) is 0.382. The lowest BCUT2D eigenvalue weighted by atomic mass is 10.0. The van der Waals surface area contributed by atoms with Gasteiger partial charge in [-0.15, -0.1) is 0 Å². The number of pyridine rings is 2. The average molecular weight is 457 g/mol. The molecule has 3 heterocycles. The molecule has 1 aliphatic heterocycles. The number of carbonyl (C=O) groups is 1. The number of fused-ring (bicyclic) bond motifs is 1. The Morgan fingerprint density at radius 1 is 1.33 bits per heavy atom. The summed E-state index contributed by atoms with van der Waals surface area (Å²) in [7, 11) is 4.55. The maximum Gasteiger partial charge on any atom is 0.328 e. The van der Waals surface area contributed by atoms with Crippen LogP contribution >= 0.6 is 0 Å². The fourth-order valence-corrected chi connectivity index (χ4v) is 3.63. The normalized spacial score (nSPS) is 12.9. The fourth-order valence-electron chi connectivity index (χ4n) is 3.63. The Balaban J connectivity index is 1.87. The summed E-state index contributed by atoms with van der Waals surface area (Å²) in [5.74, 6) is 0.780. The Labute approximate surface area is 192 Å². The number of aryl methyl sites for hydroxylation is 1. The van der Waals surface area contributed by atoms with Crippen LogP contribution in [0.3, 0.4) is 0 Å². The van der Waals surface area contributed by atoms with Crippen molar-refractivity contribution in [3.05, 3.63) is 40.7 Å². The van der Waals surface area contributed by atoms with Crippen LogP contribution in [-0.4, -0.2) is 62.1 Å². The van der Waals surface area contributed by atoms with Crippen molar-refractivity contribution in [1.29, 1.82) is 5.26 Å². The van der Waals surface area contributed by atoms with Gasteiger partial charge >= 0.3 is 6.03 Å². The highest BCUT2D eigenvalue weighted by Gasteiger charge is 2.28. The minimum Gasteiger partial charge on any atom is -0.392 e. The van der Waals surface area contributed by atoms with Crippen LogP contribution in [0.4, 0.5) is 22.1 Å². The number of aliphatic hydroxyl groups is 1. The van der Waals surface area contributed by atoms with Gasteiger partial charge in [0.2, 0.25) is 6.29 Å². The molecule has 3 N–H and O–H groups in total. The van der Waals surface area contributed by atoms with Crippen molar-refractivity contribution >= 4 is 23.4 Å². The third kappa shape index (κ3) is 5.55. The van der Waals surface area contributed by atoms with E-state index in [1.165, 1.54) is 25.3 Å². The number of amides is 2. The highest BCUT2D eigenvalue weighted by Crippen LogP contribution is 2.31. The summed E-state index contributed by atoms with van der Waals surface area (Å²) in [5.41, 5.74) is 2.77. The Morgan fingerprint density at radius 3 is 2.79 bits per heavy atom. The van der Waals surface area contributed by atoms with E-state index in [0.717, 1.165) is 18.4 Å². The second-order valence-corrected chi connectivity index (χ2v) is 7.31. The van der Waals surface area contributed by atoms with Crippen LogP contribution in [0, 0.1) is 11.3 Å². The van der Waals surface area contributed by atoms with Crippen molar-refractivity contribution in [3.63, 3.8) is 0 Å². The van der Waals surface area contributed by atoms with E-state index in [4.69, 9.17) is 14.2 Å². The topological polar surface area (TPSA) is 142 Å². The average Bonchev–Trinajstić information content (AvgIpc) is 2.84. The van der Waals surface area contributed by atoms with Crippen molar-refractivity contribution in [3.8, 4) is 6.07 Å². The molecule has 33 heavy (non-hydrogen) atoms. The van der Waals surface area contributed by atoms with E-state index >= 15 is 0 Å². The zero-order chi connectivity index (χ0) is 23.8.